The van der Waals surface area contributed by atoms with Crippen LogP contribution in [0.25, 0.3) is 11.0 Å². The molecule has 0 unspecified atom stereocenters. The Balaban J connectivity index is 1.43. The quantitative estimate of drug-likeness (QED) is 0.345. The molecule has 0 radical (unpaired) electrons. The number of hydrogen-bond donors (Lipinski definition) is 1. The van der Waals surface area contributed by atoms with Crippen molar-refractivity contribution in [2.75, 3.05) is 5.73 Å². The van der Waals surface area contributed by atoms with E-state index in [9.17, 15) is 0 Å². The Morgan fingerprint density at radius 1 is 0.731 bits per heavy atom. The van der Waals surface area contributed by atoms with Crippen LogP contribution in [0.3, 0.4) is 0 Å². The van der Waals surface area contributed by atoms with E-state index in [-0.39, 0.29) is 0 Å². The molecule has 0 aliphatic carbocycles. The maximum Gasteiger partial charge on any atom is 0.201 e. The summed E-state index contributed by atoms with van der Waals surface area (Å²) >= 11 is 0. The molecule has 26 heavy (non-hydrogen) atoms. The Bertz CT molecular complexity index is 603. The summed E-state index contributed by atoms with van der Waals surface area (Å²) in [5, 5.41) is 0. The third kappa shape index (κ3) is 7.39. The van der Waals surface area contributed by atoms with Gasteiger partial charge in [0.2, 0.25) is 5.95 Å². The highest BCUT2D eigenvalue weighted by Gasteiger charge is 2.06. The summed E-state index contributed by atoms with van der Waals surface area (Å²) in [7, 11) is 0. The Morgan fingerprint density at radius 3 is 1.81 bits per heavy atom. The van der Waals surface area contributed by atoms with Gasteiger partial charge >= 0.3 is 0 Å². The lowest BCUT2D eigenvalue weighted by Crippen LogP contribution is -2.03. The predicted octanol–water partition coefficient (Wildman–Crippen LogP) is 7.10. The van der Waals surface area contributed by atoms with Crippen molar-refractivity contribution in [1.82, 2.24) is 9.55 Å². The lowest BCUT2D eigenvalue weighted by Gasteiger charge is -2.06. The normalized spacial score (nSPS) is 11.4. The van der Waals surface area contributed by atoms with E-state index in [1.54, 1.807) is 0 Å². The van der Waals surface area contributed by atoms with Gasteiger partial charge in [-0.15, -0.1) is 0 Å². The number of aryl methyl sites for hydroxylation is 1. The first-order chi connectivity index (χ1) is 12.8. The van der Waals surface area contributed by atoms with E-state index in [1.165, 1.54) is 95.4 Å². The van der Waals surface area contributed by atoms with Gasteiger partial charge in [0.05, 0.1) is 11.0 Å². The van der Waals surface area contributed by atoms with Gasteiger partial charge in [-0.1, -0.05) is 103 Å². The smallest absolute Gasteiger partial charge is 0.201 e. The summed E-state index contributed by atoms with van der Waals surface area (Å²) in [6.07, 6.45) is 19.5. The predicted molar refractivity (Wildman–Crippen MR) is 114 cm³/mol. The Kier molecular flexibility index (Phi) is 10.2. The third-order valence-corrected chi connectivity index (χ3v) is 5.42. The molecule has 0 fully saturated rings. The highest BCUT2D eigenvalue weighted by Crippen LogP contribution is 2.19. The molecule has 0 atom stereocenters. The Hall–Kier alpha value is -1.51. The molecule has 0 saturated carbocycles. The molecular formula is C23H39N3. The second kappa shape index (κ2) is 12.8. The van der Waals surface area contributed by atoms with Crippen LogP contribution in [0.2, 0.25) is 0 Å². The fourth-order valence-electron chi connectivity index (χ4n) is 3.79. The summed E-state index contributed by atoms with van der Waals surface area (Å²) in [4.78, 5) is 4.44. The molecule has 1 heterocycles. The standard InChI is InChI=1S/C23H39N3/c1-2-3-4-5-6-7-8-9-10-11-12-13-14-17-20-26-22-19-16-15-18-21(22)25-23(26)24/h15-16,18-19H,2-14,17,20H2,1H3,(H2,24,25). The van der Waals surface area contributed by atoms with E-state index < -0.39 is 0 Å². The number of nitrogens with zero attached hydrogens (tertiary/aromatic N) is 2. The fraction of sp³-hybridized carbons (Fsp3) is 0.696. The minimum Gasteiger partial charge on any atom is -0.369 e. The van der Waals surface area contributed by atoms with Gasteiger partial charge in [-0.3, -0.25) is 0 Å². The zero-order valence-electron chi connectivity index (χ0n) is 16.9. The number of hydrogen-bond acceptors (Lipinski definition) is 2. The first-order valence-corrected chi connectivity index (χ1v) is 11.0. The van der Waals surface area contributed by atoms with E-state index in [1.807, 2.05) is 12.1 Å². The van der Waals surface area contributed by atoms with Crippen molar-refractivity contribution < 1.29 is 0 Å². The summed E-state index contributed by atoms with van der Waals surface area (Å²) in [5.41, 5.74) is 8.24. The average molecular weight is 358 g/mol. The lowest BCUT2D eigenvalue weighted by atomic mass is 10.0. The lowest BCUT2D eigenvalue weighted by molar-refractivity contribution is 0.527. The van der Waals surface area contributed by atoms with Gasteiger partial charge in [0.1, 0.15) is 0 Å². The van der Waals surface area contributed by atoms with Crippen LogP contribution in [0.5, 0.6) is 0 Å². The van der Waals surface area contributed by atoms with Crippen molar-refractivity contribution >= 4 is 17.0 Å². The van der Waals surface area contributed by atoms with Crippen LogP contribution in [0.15, 0.2) is 24.3 Å². The van der Waals surface area contributed by atoms with Gasteiger partial charge in [-0.25, -0.2) is 4.98 Å². The van der Waals surface area contributed by atoms with E-state index in [0.717, 1.165) is 12.1 Å². The van der Waals surface area contributed by atoms with Crippen LogP contribution in [-0.4, -0.2) is 9.55 Å². The molecule has 0 spiro atoms. The molecule has 0 aliphatic heterocycles. The molecule has 2 aromatic rings. The zero-order valence-corrected chi connectivity index (χ0v) is 16.9. The van der Waals surface area contributed by atoms with Crippen molar-refractivity contribution in [3.63, 3.8) is 0 Å². The largest absolute Gasteiger partial charge is 0.369 e. The van der Waals surface area contributed by atoms with Crippen LogP contribution < -0.4 is 5.73 Å². The van der Waals surface area contributed by atoms with Gasteiger partial charge < -0.3 is 10.3 Å². The summed E-state index contributed by atoms with van der Waals surface area (Å²) in [6.45, 7) is 3.28. The van der Waals surface area contributed by atoms with Gasteiger partial charge in [0.15, 0.2) is 0 Å². The number of anilines is 1. The number of benzene rings is 1. The molecular weight excluding hydrogens is 318 g/mol. The van der Waals surface area contributed by atoms with Gasteiger partial charge in [0.25, 0.3) is 0 Å². The van der Waals surface area contributed by atoms with E-state index in [4.69, 9.17) is 5.73 Å². The molecule has 1 aromatic carbocycles. The van der Waals surface area contributed by atoms with E-state index in [2.05, 4.69) is 28.6 Å². The number of para-hydroxylation sites is 2. The average Bonchev–Trinajstić information content (AvgIpc) is 2.97. The van der Waals surface area contributed by atoms with Crippen LogP contribution >= 0.6 is 0 Å². The van der Waals surface area contributed by atoms with Crippen molar-refractivity contribution in [2.45, 2.75) is 103 Å². The summed E-state index contributed by atoms with van der Waals surface area (Å²) < 4.78 is 2.16. The SMILES string of the molecule is CCCCCCCCCCCCCCCCn1c(N)nc2ccccc21. The maximum atomic E-state index is 6.06. The number of aromatic nitrogens is 2. The second-order valence-corrected chi connectivity index (χ2v) is 7.71. The number of nitrogen functional groups attached to an aromatic ring is 1. The van der Waals surface area contributed by atoms with Gasteiger partial charge in [-0.05, 0) is 18.6 Å². The van der Waals surface area contributed by atoms with Crippen LogP contribution in [0.1, 0.15) is 96.8 Å². The van der Waals surface area contributed by atoms with E-state index >= 15 is 0 Å². The summed E-state index contributed by atoms with van der Waals surface area (Å²) in [6, 6.07) is 8.23. The third-order valence-electron chi connectivity index (χ3n) is 5.42. The first kappa shape index (κ1) is 20.8. The first-order valence-electron chi connectivity index (χ1n) is 11.0. The van der Waals surface area contributed by atoms with Crippen LogP contribution in [0, 0.1) is 0 Å². The number of rotatable bonds is 15. The number of unbranched alkanes of at least 4 members (excludes halogenated alkanes) is 13. The van der Waals surface area contributed by atoms with Crippen LogP contribution in [0.4, 0.5) is 5.95 Å². The highest BCUT2D eigenvalue weighted by molar-refractivity contribution is 5.78. The van der Waals surface area contributed by atoms with Gasteiger partial charge in [0, 0.05) is 6.54 Å². The molecule has 0 saturated heterocycles. The van der Waals surface area contributed by atoms with Crippen molar-refractivity contribution in [1.29, 1.82) is 0 Å². The second-order valence-electron chi connectivity index (χ2n) is 7.71. The molecule has 146 valence electrons. The number of fused-ring (bicyclic) bond motifs is 1. The molecule has 3 nitrogen and oxygen atoms in total. The highest BCUT2D eigenvalue weighted by atomic mass is 15.1. The molecule has 2 rings (SSSR count). The van der Waals surface area contributed by atoms with Gasteiger partial charge in [-0.2, -0.15) is 0 Å². The maximum absolute atomic E-state index is 6.06. The topological polar surface area (TPSA) is 43.8 Å². The molecule has 1 aromatic heterocycles. The van der Waals surface area contributed by atoms with Crippen molar-refractivity contribution in [2.24, 2.45) is 0 Å². The Morgan fingerprint density at radius 2 is 1.23 bits per heavy atom. The molecule has 2 N–H and O–H groups in total. The van der Waals surface area contributed by atoms with Crippen molar-refractivity contribution in [3.8, 4) is 0 Å². The minimum atomic E-state index is 0.654. The number of nitrogens with two attached hydrogens (primary N) is 1. The monoisotopic (exact) mass is 357 g/mol. The minimum absolute atomic E-state index is 0.654. The molecule has 3 heteroatoms. The van der Waals surface area contributed by atoms with Crippen molar-refractivity contribution in [3.05, 3.63) is 24.3 Å². The zero-order chi connectivity index (χ0) is 18.5. The molecule has 0 aliphatic rings. The van der Waals surface area contributed by atoms with Crippen LogP contribution in [-0.2, 0) is 6.54 Å². The molecule has 0 bridgehead atoms. The number of imidazole rings is 1. The molecule has 0 amide bonds. The Labute approximate surface area is 160 Å². The summed E-state index contributed by atoms with van der Waals surface area (Å²) in [5.74, 6) is 0.654. The van der Waals surface area contributed by atoms with E-state index in [0.29, 0.717) is 5.95 Å². The fourth-order valence-corrected chi connectivity index (χ4v) is 3.79.